The summed E-state index contributed by atoms with van der Waals surface area (Å²) in [6.45, 7) is 3.64. The van der Waals surface area contributed by atoms with Crippen molar-refractivity contribution < 1.29 is 13.2 Å². The molecule has 110 valence electrons. The molecule has 0 bridgehead atoms. The van der Waals surface area contributed by atoms with Crippen LogP contribution in [0.5, 0.6) is 5.75 Å². The molecule has 0 aromatic heterocycles. The summed E-state index contributed by atoms with van der Waals surface area (Å²) in [6.07, 6.45) is 0. The van der Waals surface area contributed by atoms with Crippen molar-refractivity contribution in [3.8, 4) is 5.75 Å². The Hall–Kier alpha value is -0.340. The Morgan fingerprint density at radius 1 is 1.42 bits per heavy atom. The molecule has 0 spiro atoms. The van der Waals surface area contributed by atoms with Gasteiger partial charge in [0, 0.05) is 22.6 Å². The van der Waals surface area contributed by atoms with Crippen LogP contribution in [-0.2, 0) is 10.0 Å². The summed E-state index contributed by atoms with van der Waals surface area (Å²) in [6, 6.07) is 4.76. The zero-order valence-electron chi connectivity index (χ0n) is 10.9. The molecule has 0 saturated carbocycles. The number of benzene rings is 1. The molecular weight excluding hydrogens is 356 g/mol. The van der Waals surface area contributed by atoms with Gasteiger partial charge in [-0.2, -0.15) is 0 Å². The van der Waals surface area contributed by atoms with Crippen LogP contribution in [0.1, 0.15) is 13.8 Å². The van der Waals surface area contributed by atoms with E-state index >= 15 is 0 Å². The standard InChI is InChI=1S/C11H17BrN2O3S.ClH/c1-11(2,13)7-14-18(15,16)10-6-8(17-3)4-5-9(10)12;/h4-6,14H,7,13H2,1-3H3;1H. The number of rotatable bonds is 5. The van der Waals surface area contributed by atoms with Crippen LogP contribution in [-0.4, -0.2) is 27.6 Å². The molecule has 0 radical (unpaired) electrons. The minimum absolute atomic E-state index is 0. The van der Waals surface area contributed by atoms with Gasteiger partial charge in [-0.3, -0.25) is 0 Å². The zero-order valence-corrected chi connectivity index (χ0v) is 14.2. The first-order valence-electron chi connectivity index (χ1n) is 5.28. The summed E-state index contributed by atoms with van der Waals surface area (Å²) in [4.78, 5) is 0.131. The molecule has 0 atom stereocenters. The predicted molar refractivity (Wildman–Crippen MR) is 81.4 cm³/mol. The average Bonchev–Trinajstić information content (AvgIpc) is 2.26. The molecule has 0 aliphatic rings. The average molecular weight is 374 g/mol. The maximum absolute atomic E-state index is 12.1. The normalized spacial score (nSPS) is 11.8. The van der Waals surface area contributed by atoms with Gasteiger partial charge in [0.25, 0.3) is 0 Å². The Bertz CT molecular complexity index is 529. The molecule has 3 N–H and O–H groups in total. The number of halogens is 2. The molecule has 8 heteroatoms. The van der Waals surface area contributed by atoms with Gasteiger partial charge in [-0.15, -0.1) is 12.4 Å². The lowest BCUT2D eigenvalue weighted by molar-refractivity contribution is 0.413. The molecule has 0 unspecified atom stereocenters. The smallest absolute Gasteiger partial charge is 0.241 e. The molecule has 5 nitrogen and oxygen atoms in total. The van der Waals surface area contributed by atoms with Crippen LogP contribution in [0.3, 0.4) is 0 Å². The third-order valence-electron chi connectivity index (χ3n) is 2.15. The van der Waals surface area contributed by atoms with E-state index in [0.717, 1.165) is 0 Å². The Morgan fingerprint density at radius 3 is 2.47 bits per heavy atom. The van der Waals surface area contributed by atoms with Crippen molar-refractivity contribution >= 4 is 38.4 Å². The van der Waals surface area contributed by atoms with Crippen LogP contribution in [0.25, 0.3) is 0 Å². The molecule has 0 amide bonds. The number of nitrogens with one attached hydrogen (secondary N) is 1. The van der Waals surface area contributed by atoms with Gasteiger partial charge in [-0.25, -0.2) is 13.1 Å². The predicted octanol–water partition coefficient (Wildman–Crippen LogP) is 1.90. The summed E-state index contributed by atoms with van der Waals surface area (Å²) in [5, 5.41) is 0. The summed E-state index contributed by atoms with van der Waals surface area (Å²) in [5.74, 6) is 0.477. The fraction of sp³-hybridized carbons (Fsp3) is 0.455. The van der Waals surface area contributed by atoms with E-state index in [1.54, 1.807) is 26.0 Å². The molecule has 0 aliphatic heterocycles. The molecular formula is C11H18BrClN2O3S. The maximum atomic E-state index is 12.1. The lowest BCUT2D eigenvalue weighted by atomic mass is 10.1. The van der Waals surface area contributed by atoms with Gasteiger partial charge < -0.3 is 10.5 Å². The molecule has 1 aromatic carbocycles. The van der Waals surface area contributed by atoms with Crippen molar-refractivity contribution in [2.75, 3.05) is 13.7 Å². The van der Waals surface area contributed by atoms with E-state index in [1.807, 2.05) is 0 Å². The third-order valence-corrected chi connectivity index (χ3v) is 4.54. The van der Waals surface area contributed by atoms with E-state index in [-0.39, 0.29) is 23.8 Å². The quantitative estimate of drug-likeness (QED) is 0.826. The number of hydrogen-bond donors (Lipinski definition) is 2. The second-order valence-corrected chi connectivity index (χ2v) is 7.20. The van der Waals surface area contributed by atoms with Crippen molar-refractivity contribution in [2.24, 2.45) is 5.73 Å². The number of sulfonamides is 1. The van der Waals surface area contributed by atoms with Crippen LogP contribution in [0, 0.1) is 0 Å². The minimum atomic E-state index is -3.61. The molecule has 19 heavy (non-hydrogen) atoms. The number of ether oxygens (including phenoxy) is 1. The molecule has 0 saturated heterocycles. The largest absolute Gasteiger partial charge is 0.497 e. The summed E-state index contributed by atoms with van der Waals surface area (Å²) in [5.41, 5.74) is 5.14. The number of hydrogen-bond acceptors (Lipinski definition) is 4. The van der Waals surface area contributed by atoms with E-state index in [0.29, 0.717) is 10.2 Å². The third kappa shape index (κ3) is 5.66. The van der Waals surface area contributed by atoms with Crippen LogP contribution >= 0.6 is 28.3 Å². The fourth-order valence-corrected chi connectivity index (χ4v) is 3.37. The van der Waals surface area contributed by atoms with Crippen LogP contribution in [0.15, 0.2) is 27.6 Å². The van der Waals surface area contributed by atoms with Crippen molar-refractivity contribution in [3.63, 3.8) is 0 Å². The first-order valence-corrected chi connectivity index (χ1v) is 7.55. The highest BCUT2D eigenvalue weighted by Crippen LogP contribution is 2.26. The van der Waals surface area contributed by atoms with Crippen LogP contribution < -0.4 is 15.2 Å². The maximum Gasteiger partial charge on any atom is 0.241 e. The lowest BCUT2D eigenvalue weighted by Crippen LogP contribution is -2.45. The first kappa shape index (κ1) is 18.7. The molecule has 0 heterocycles. The van der Waals surface area contributed by atoms with Gasteiger partial charge in [-0.05, 0) is 41.9 Å². The highest BCUT2D eigenvalue weighted by molar-refractivity contribution is 9.10. The first-order chi connectivity index (χ1) is 8.15. The van der Waals surface area contributed by atoms with Crippen molar-refractivity contribution in [1.29, 1.82) is 0 Å². The van der Waals surface area contributed by atoms with Crippen molar-refractivity contribution in [2.45, 2.75) is 24.3 Å². The lowest BCUT2D eigenvalue weighted by Gasteiger charge is -2.19. The summed E-state index contributed by atoms with van der Waals surface area (Å²) >= 11 is 3.21. The minimum Gasteiger partial charge on any atom is -0.497 e. The van der Waals surface area contributed by atoms with Gasteiger partial charge in [0.1, 0.15) is 5.75 Å². The Morgan fingerprint density at radius 2 is 2.00 bits per heavy atom. The van der Waals surface area contributed by atoms with Crippen LogP contribution in [0.2, 0.25) is 0 Å². The van der Waals surface area contributed by atoms with E-state index in [9.17, 15) is 8.42 Å². The molecule has 0 fully saturated rings. The van der Waals surface area contributed by atoms with Crippen molar-refractivity contribution in [3.05, 3.63) is 22.7 Å². The van der Waals surface area contributed by atoms with E-state index in [2.05, 4.69) is 20.7 Å². The number of nitrogens with two attached hydrogens (primary N) is 1. The molecule has 0 aliphatic carbocycles. The van der Waals surface area contributed by atoms with Gasteiger partial charge in [0.05, 0.1) is 12.0 Å². The topological polar surface area (TPSA) is 81.4 Å². The van der Waals surface area contributed by atoms with E-state index in [4.69, 9.17) is 10.5 Å². The number of methoxy groups -OCH3 is 1. The summed E-state index contributed by atoms with van der Waals surface area (Å²) < 4.78 is 32.2. The highest BCUT2D eigenvalue weighted by atomic mass is 79.9. The Balaban J connectivity index is 0.00000324. The van der Waals surface area contributed by atoms with Gasteiger partial charge >= 0.3 is 0 Å². The zero-order chi connectivity index (χ0) is 14.0. The molecule has 1 aromatic rings. The Labute approximate surface area is 128 Å². The fourth-order valence-electron chi connectivity index (χ4n) is 1.18. The SMILES string of the molecule is COc1ccc(Br)c(S(=O)(=O)NCC(C)(C)N)c1.Cl. The van der Waals surface area contributed by atoms with Crippen LogP contribution in [0.4, 0.5) is 0 Å². The van der Waals surface area contributed by atoms with E-state index in [1.165, 1.54) is 13.2 Å². The van der Waals surface area contributed by atoms with Crippen molar-refractivity contribution in [1.82, 2.24) is 4.72 Å². The highest BCUT2D eigenvalue weighted by Gasteiger charge is 2.21. The monoisotopic (exact) mass is 372 g/mol. The second-order valence-electron chi connectivity index (χ2n) is 4.61. The summed E-state index contributed by atoms with van der Waals surface area (Å²) in [7, 11) is -2.13. The Kier molecular flexibility index (Phi) is 6.77. The van der Waals surface area contributed by atoms with Gasteiger partial charge in [-0.1, -0.05) is 0 Å². The molecule has 1 rings (SSSR count). The second kappa shape index (κ2) is 6.90. The van der Waals surface area contributed by atoms with E-state index < -0.39 is 15.6 Å². The van der Waals surface area contributed by atoms with Gasteiger partial charge in [0.15, 0.2) is 0 Å². The van der Waals surface area contributed by atoms with Gasteiger partial charge in [0.2, 0.25) is 10.0 Å².